The number of fused-ring (bicyclic) bond motifs is 1. The Morgan fingerprint density at radius 2 is 1.80 bits per heavy atom. The summed E-state index contributed by atoms with van der Waals surface area (Å²) in [6.45, 7) is 0.981. The lowest BCUT2D eigenvalue weighted by atomic mass is 9.70. The van der Waals surface area contributed by atoms with E-state index in [9.17, 15) is 14.4 Å². The van der Waals surface area contributed by atoms with Crippen molar-refractivity contribution >= 4 is 51.1 Å². The molecule has 6 atom stereocenters. The van der Waals surface area contributed by atoms with Gasteiger partial charge in [0.15, 0.2) is 0 Å². The van der Waals surface area contributed by atoms with Gasteiger partial charge in [-0.3, -0.25) is 14.4 Å². The minimum absolute atomic E-state index is 0.0230. The first kappa shape index (κ1) is 29.0. The Kier molecular flexibility index (Phi) is 9.07. The molecular weight excluding hydrogens is 594 g/mol. The summed E-state index contributed by atoms with van der Waals surface area (Å²) in [4.78, 5) is 43.5. The highest BCUT2D eigenvalue weighted by Gasteiger charge is 2.75. The molecule has 0 aliphatic carbocycles. The molecule has 2 aromatic rings. The Bertz CT molecular complexity index is 1220. The van der Waals surface area contributed by atoms with Crippen LogP contribution in [0.25, 0.3) is 0 Å². The second kappa shape index (κ2) is 12.5. The first-order valence-corrected chi connectivity index (χ1v) is 15.7. The monoisotopic (exact) mass is 629 g/mol. The summed E-state index contributed by atoms with van der Waals surface area (Å²) in [5.41, 5.74) is 1.63. The van der Waals surface area contributed by atoms with Crippen molar-refractivity contribution in [3.8, 4) is 5.75 Å². The molecule has 3 aliphatic rings. The summed E-state index contributed by atoms with van der Waals surface area (Å²) >= 11 is 5.45. The lowest BCUT2D eigenvalue weighted by Crippen LogP contribution is -2.53. The number of anilines is 1. The van der Waals surface area contributed by atoms with E-state index in [2.05, 4.69) is 26.6 Å². The lowest BCUT2D eigenvalue weighted by molar-refractivity contribution is -0.139. The van der Waals surface area contributed by atoms with Crippen LogP contribution in [0.3, 0.4) is 0 Å². The second-order valence-electron chi connectivity index (χ2n) is 10.8. The number of thioether (sulfide) groups is 1. The van der Waals surface area contributed by atoms with Crippen LogP contribution in [-0.4, -0.2) is 68.9 Å². The average Bonchev–Trinajstić information content (AvgIpc) is 3.55. The fourth-order valence-electron chi connectivity index (χ4n) is 6.51. The van der Waals surface area contributed by atoms with Crippen molar-refractivity contribution in [2.75, 3.05) is 25.6 Å². The molecular formula is C30H36BrN3O5S. The Hall–Kier alpha value is -2.56. The van der Waals surface area contributed by atoms with Gasteiger partial charge in [0.05, 0.1) is 23.7 Å². The van der Waals surface area contributed by atoms with Gasteiger partial charge in [0.2, 0.25) is 17.7 Å². The Labute approximate surface area is 247 Å². The Balaban J connectivity index is 1.40. The highest BCUT2D eigenvalue weighted by Crippen LogP contribution is 2.67. The van der Waals surface area contributed by atoms with Gasteiger partial charge >= 0.3 is 0 Å². The molecule has 3 aliphatic heterocycles. The van der Waals surface area contributed by atoms with E-state index in [4.69, 9.17) is 9.84 Å². The molecule has 0 saturated carbocycles. The van der Waals surface area contributed by atoms with Crippen molar-refractivity contribution < 1.29 is 24.2 Å². The number of ether oxygens (including phenoxy) is 1. The van der Waals surface area contributed by atoms with Gasteiger partial charge in [-0.25, -0.2) is 0 Å². The molecule has 5 rings (SSSR count). The third-order valence-electron chi connectivity index (χ3n) is 8.31. The van der Waals surface area contributed by atoms with Gasteiger partial charge in [0, 0.05) is 35.5 Å². The van der Waals surface area contributed by atoms with Crippen LogP contribution < -0.4 is 15.4 Å². The number of unbranched alkanes of at least 4 members (excludes halogenated alkanes) is 3. The number of amides is 3. The molecule has 40 heavy (non-hydrogen) atoms. The summed E-state index contributed by atoms with van der Waals surface area (Å²) in [5.74, 6) is -0.856. The maximum Gasteiger partial charge on any atom is 0.248 e. The molecule has 2 aromatic carbocycles. The normalized spacial score (nSPS) is 28.4. The van der Waals surface area contributed by atoms with Gasteiger partial charge in [-0.05, 0) is 49.1 Å². The highest BCUT2D eigenvalue weighted by atomic mass is 79.9. The van der Waals surface area contributed by atoms with Gasteiger partial charge in [0.1, 0.15) is 11.8 Å². The number of benzene rings is 2. The summed E-state index contributed by atoms with van der Waals surface area (Å²) in [5, 5.41) is 15.2. The zero-order valence-electron chi connectivity index (χ0n) is 22.6. The molecule has 8 nitrogen and oxygen atoms in total. The Morgan fingerprint density at radius 3 is 2.50 bits per heavy atom. The molecule has 3 N–H and O–H groups in total. The third-order valence-corrected chi connectivity index (χ3v) is 11.5. The van der Waals surface area contributed by atoms with Crippen LogP contribution in [0, 0.1) is 11.8 Å². The van der Waals surface area contributed by atoms with E-state index in [1.807, 2.05) is 30.3 Å². The third kappa shape index (κ3) is 5.50. The standard InChI is InChI=1S/C30H36BrN3O5S/c1-39-21-13-11-20(12-14-21)33-28(37)26-30-17-22(31)25(40-30)23(27(36)32-18-19-9-5-4-6-10-19)24(30)29(38)34(26)15-7-2-3-8-16-35/h4-6,9-14,22-26,35H,2-3,7-8,15-18H2,1H3,(H,32,36)(H,33,37)/t22?,23-,24+,25-,26?,30?/m1/s1. The first-order valence-electron chi connectivity index (χ1n) is 13.9. The first-order chi connectivity index (χ1) is 19.4. The fourth-order valence-corrected chi connectivity index (χ4v) is 10.1. The SMILES string of the molecule is COc1ccc(NC(=O)C2N(CCCCCCO)C(=O)[C@@H]3[C@@H](C(=O)NCc4ccccc4)[C@@H]4SC23CC4Br)cc1. The van der Waals surface area contributed by atoms with Crippen LogP contribution in [0.4, 0.5) is 5.69 Å². The van der Waals surface area contributed by atoms with Crippen LogP contribution in [0.15, 0.2) is 54.6 Å². The van der Waals surface area contributed by atoms with Gasteiger partial charge in [0.25, 0.3) is 0 Å². The highest BCUT2D eigenvalue weighted by molar-refractivity contribution is 9.09. The Morgan fingerprint density at radius 1 is 1.07 bits per heavy atom. The maximum atomic E-state index is 14.1. The number of halogens is 1. The number of carbonyl (C=O) groups is 3. The van der Waals surface area contributed by atoms with Crippen molar-refractivity contribution in [1.29, 1.82) is 0 Å². The molecule has 0 aromatic heterocycles. The number of nitrogens with zero attached hydrogens (tertiary/aromatic N) is 1. The topological polar surface area (TPSA) is 108 Å². The molecule has 2 bridgehead atoms. The van der Waals surface area contributed by atoms with Crippen molar-refractivity contribution in [3.05, 3.63) is 60.2 Å². The molecule has 0 radical (unpaired) electrons. The number of alkyl halides is 1. The lowest BCUT2D eigenvalue weighted by Gasteiger charge is -2.35. The van der Waals surface area contributed by atoms with Crippen molar-refractivity contribution in [3.63, 3.8) is 0 Å². The van der Waals surface area contributed by atoms with Gasteiger partial charge in [-0.15, -0.1) is 11.8 Å². The van der Waals surface area contributed by atoms with E-state index < -0.39 is 22.6 Å². The molecule has 3 heterocycles. The molecule has 3 saturated heterocycles. The van der Waals surface area contributed by atoms with Crippen LogP contribution in [0.1, 0.15) is 37.7 Å². The summed E-state index contributed by atoms with van der Waals surface area (Å²) in [7, 11) is 1.59. The van der Waals surface area contributed by atoms with Gasteiger partial charge in [-0.2, -0.15) is 0 Å². The van der Waals surface area contributed by atoms with E-state index in [0.717, 1.165) is 24.8 Å². The predicted molar refractivity (Wildman–Crippen MR) is 159 cm³/mol. The molecule has 3 amide bonds. The van der Waals surface area contributed by atoms with Gasteiger partial charge in [-0.1, -0.05) is 59.1 Å². The van der Waals surface area contributed by atoms with Crippen LogP contribution in [-0.2, 0) is 20.9 Å². The number of carbonyl (C=O) groups excluding carboxylic acids is 3. The maximum absolute atomic E-state index is 14.1. The van der Waals surface area contributed by atoms with Crippen LogP contribution >= 0.6 is 27.7 Å². The molecule has 214 valence electrons. The number of likely N-dealkylation sites (tertiary alicyclic amines) is 1. The largest absolute Gasteiger partial charge is 0.497 e. The second-order valence-corrected chi connectivity index (χ2v) is 13.5. The zero-order chi connectivity index (χ0) is 28.3. The number of rotatable bonds is 12. The number of aliphatic hydroxyl groups is 1. The fraction of sp³-hybridized carbons (Fsp3) is 0.500. The predicted octanol–water partition coefficient (Wildman–Crippen LogP) is 3.97. The molecule has 3 unspecified atom stereocenters. The van der Waals surface area contributed by atoms with Crippen LogP contribution in [0.2, 0.25) is 0 Å². The van der Waals surface area contributed by atoms with E-state index in [0.29, 0.717) is 37.4 Å². The number of nitrogens with one attached hydrogen (secondary N) is 2. The molecule has 1 spiro atoms. The quantitative estimate of drug-likeness (QED) is 0.242. The average molecular weight is 631 g/mol. The van der Waals surface area contributed by atoms with E-state index >= 15 is 0 Å². The number of aliphatic hydroxyl groups excluding tert-OH is 1. The van der Waals surface area contributed by atoms with Crippen molar-refractivity contribution in [2.24, 2.45) is 11.8 Å². The summed E-state index contributed by atoms with van der Waals surface area (Å²) in [6.07, 6.45) is 3.81. The summed E-state index contributed by atoms with van der Waals surface area (Å²) < 4.78 is 4.55. The number of hydrogen-bond donors (Lipinski definition) is 3. The summed E-state index contributed by atoms with van der Waals surface area (Å²) in [6, 6.07) is 16.2. The minimum Gasteiger partial charge on any atom is -0.497 e. The van der Waals surface area contributed by atoms with E-state index in [1.165, 1.54) is 0 Å². The zero-order valence-corrected chi connectivity index (χ0v) is 25.0. The van der Waals surface area contributed by atoms with Gasteiger partial charge < -0.3 is 25.4 Å². The number of methoxy groups -OCH3 is 1. The van der Waals surface area contributed by atoms with Crippen molar-refractivity contribution in [1.82, 2.24) is 10.2 Å². The van der Waals surface area contributed by atoms with Crippen molar-refractivity contribution in [2.45, 2.75) is 59.5 Å². The van der Waals surface area contributed by atoms with E-state index in [-0.39, 0.29) is 34.4 Å². The minimum atomic E-state index is -0.688. The van der Waals surface area contributed by atoms with Crippen LogP contribution in [0.5, 0.6) is 5.75 Å². The molecule has 3 fully saturated rings. The number of hydrogen-bond acceptors (Lipinski definition) is 6. The smallest absolute Gasteiger partial charge is 0.248 e. The molecule has 10 heteroatoms. The van der Waals surface area contributed by atoms with E-state index in [1.54, 1.807) is 48.0 Å².